The van der Waals surface area contributed by atoms with Crippen molar-refractivity contribution in [1.82, 2.24) is 9.13 Å². The molecule has 2 heterocycles. The molecule has 0 unspecified atom stereocenters. The van der Waals surface area contributed by atoms with Crippen LogP contribution in [0.2, 0.25) is 0 Å². The Bertz CT molecular complexity index is 2440. The van der Waals surface area contributed by atoms with Gasteiger partial charge in [0.1, 0.15) is 0 Å². The van der Waals surface area contributed by atoms with Crippen LogP contribution >= 0.6 is 0 Å². The number of fused-ring (bicyclic) bond motifs is 8. The number of aromatic nitrogens is 2. The lowest BCUT2D eigenvalue weighted by Crippen LogP contribution is -1.96. The van der Waals surface area contributed by atoms with Crippen LogP contribution in [0.5, 0.6) is 0 Å². The van der Waals surface area contributed by atoms with Crippen LogP contribution < -0.4 is 0 Å². The average molecular weight is 535 g/mol. The molecule has 0 saturated carbocycles. The second kappa shape index (κ2) is 8.95. The minimum atomic E-state index is 1.16. The van der Waals surface area contributed by atoms with E-state index in [1.165, 1.54) is 71.2 Å². The van der Waals surface area contributed by atoms with Crippen LogP contribution in [0.25, 0.3) is 76.9 Å². The first-order valence-corrected chi connectivity index (χ1v) is 14.5. The van der Waals surface area contributed by atoms with Crippen LogP contribution in [0, 0.1) is 0 Å². The van der Waals surface area contributed by atoms with E-state index in [0.717, 1.165) is 5.69 Å². The van der Waals surface area contributed by atoms with E-state index in [1.54, 1.807) is 0 Å². The Hall–Kier alpha value is -5.60. The van der Waals surface area contributed by atoms with Crippen molar-refractivity contribution < 1.29 is 0 Å². The summed E-state index contributed by atoms with van der Waals surface area (Å²) in [6.07, 6.45) is 0. The quantitative estimate of drug-likeness (QED) is 0.213. The van der Waals surface area contributed by atoms with E-state index in [-0.39, 0.29) is 0 Å². The Labute approximate surface area is 243 Å². The summed E-state index contributed by atoms with van der Waals surface area (Å²) >= 11 is 0. The van der Waals surface area contributed by atoms with Crippen molar-refractivity contribution in [2.24, 2.45) is 0 Å². The smallest absolute Gasteiger partial charge is 0.0619 e. The highest BCUT2D eigenvalue weighted by Gasteiger charge is 2.19. The summed E-state index contributed by atoms with van der Waals surface area (Å²) in [6.45, 7) is 0. The monoisotopic (exact) mass is 534 g/mol. The van der Waals surface area contributed by atoms with Gasteiger partial charge in [0, 0.05) is 38.3 Å². The molecule has 0 radical (unpaired) electrons. The van der Waals surface area contributed by atoms with E-state index in [0.29, 0.717) is 0 Å². The van der Waals surface area contributed by atoms with Gasteiger partial charge in [0.05, 0.1) is 22.1 Å². The Balaban J connectivity index is 1.44. The van der Waals surface area contributed by atoms with E-state index < -0.39 is 0 Å². The second-order valence-corrected chi connectivity index (χ2v) is 11.0. The maximum Gasteiger partial charge on any atom is 0.0619 e. The number of rotatable bonds is 3. The third-order valence-electron chi connectivity index (χ3n) is 8.67. The molecule has 0 saturated heterocycles. The van der Waals surface area contributed by atoms with Crippen LogP contribution in [0.15, 0.2) is 158 Å². The molecule has 0 bridgehead atoms. The van der Waals surface area contributed by atoms with Crippen LogP contribution in [0.3, 0.4) is 0 Å². The molecule has 0 spiro atoms. The first kappa shape index (κ1) is 23.1. The molecule has 9 aromatic rings. The summed E-state index contributed by atoms with van der Waals surface area (Å²) in [5.74, 6) is 0. The Morgan fingerprint density at radius 2 is 0.952 bits per heavy atom. The molecular formula is C40H26N2. The summed E-state index contributed by atoms with van der Waals surface area (Å²) in [5.41, 5.74) is 9.65. The van der Waals surface area contributed by atoms with E-state index in [4.69, 9.17) is 0 Å². The molecule has 196 valence electrons. The van der Waals surface area contributed by atoms with Gasteiger partial charge in [0.25, 0.3) is 0 Å². The highest BCUT2D eigenvalue weighted by Crippen LogP contribution is 2.41. The maximum atomic E-state index is 2.45. The zero-order valence-corrected chi connectivity index (χ0v) is 22.9. The predicted octanol–water partition coefficient (Wildman–Crippen LogP) is 10.7. The fraction of sp³-hybridized carbons (Fsp3) is 0. The standard InChI is InChI=1S/C40H26N2/c1-3-12-27(13-4-1)29-15-11-18-31(24-29)41-37-21-10-9-20-33(37)35-25-36-34-23-22-28-14-7-8-19-32(28)40(34)42(39(36)26-38(35)41)30-16-5-2-6-17-30/h1-26H. The summed E-state index contributed by atoms with van der Waals surface area (Å²) in [6, 6.07) is 57.2. The molecule has 0 fully saturated rings. The van der Waals surface area contributed by atoms with Gasteiger partial charge in [-0.3, -0.25) is 0 Å². The maximum absolute atomic E-state index is 2.45. The highest BCUT2D eigenvalue weighted by molar-refractivity contribution is 6.23. The predicted molar refractivity (Wildman–Crippen MR) is 178 cm³/mol. The van der Waals surface area contributed by atoms with Gasteiger partial charge in [-0.15, -0.1) is 0 Å². The highest BCUT2D eigenvalue weighted by atomic mass is 15.0. The fourth-order valence-electron chi connectivity index (χ4n) is 6.82. The van der Waals surface area contributed by atoms with E-state index in [1.807, 2.05) is 0 Å². The first-order chi connectivity index (χ1) is 20.8. The number of hydrogen-bond donors (Lipinski definition) is 0. The van der Waals surface area contributed by atoms with Crippen LogP contribution in [-0.4, -0.2) is 9.13 Å². The third-order valence-corrected chi connectivity index (χ3v) is 8.67. The number of para-hydroxylation sites is 2. The van der Waals surface area contributed by atoms with Crippen molar-refractivity contribution in [2.45, 2.75) is 0 Å². The van der Waals surface area contributed by atoms with Gasteiger partial charge in [0.15, 0.2) is 0 Å². The summed E-state index contributed by atoms with van der Waals surface area (Å²) < 4.78 is 4.89. The lowest BCUT2D eigenvalue weighted by atomic mass is 10.0. The summed E-state index contributed by atoms with van der Waals surface area (Å²) in [4.78, 5) is 0. The van der Waals surface area contributed by atoms with E-state index in [2.05, 4.69) is 167 Å². The van der Waals surface area contributed by atoms with Crippen LogP contribution in [-0.2, 0) is 0 Å². The minimum absolute atomic E-state index is 1.16. The molecule has 9 rings (SSSR count). The van der Waals surface area contributed by atoms with Gasteiger partial charge in [-0.2, -0.15) is 0 Å². The van der Waals surface area contributed by atoms with Gasteiger partial charge in [-0.05, 0) is 59.0 Å². The second-order valence-electron chi connectivity index (χ2n) is 11.0. The molecule has 42 heavy (non-hydrogen) atoms. The van der Waals surface area contributed by atoms with Crippen LogP contribution in [0.1, 0.15) is 0 Å². The number of hydrogen-bond acceptors (Lipinski definition) is 0. The lowest BCUT2D eigenvalue weighted by molar-refractivity contribution is 1.17. The van der Waals surface area contributed by atoms with Gasteiger partial charge in [-0.1, -0.05) is 115 Å². The first-order valence-electron chi connectivity index (χ1n) is 14.5. The molecule has 2 heteroatoms. The van der Waals surface area contributed by atoms with Crippen molar-refractivity contribution in [1.29, 1.82) is 0 Å². The van der Waals surface area contributed by atoms with Crippen molar-refractivity contribution in [3.8, 4) is 22.5 Å². The minimum Gasteiger partial charge on any atom is -0.309 e. The van der Waals surface area contributed by atoms with Crippen molar-refractivity contribution in [3.63, 3.8) is 0 Å². The molecule has 2 nitrogen and oxygen atoms in total. The number of benzene rings is 7. The zero-order chi connectivity index (χ0) is 27.6. The molecule has 0 atom stereocenters. The Morgan fingerprint density at radius 1 is 0.310 bits per heavy atom. The van der Waals surface area contributed by atoms with E-state index >= 15 is 0 Å². The van der Waals surface area contributed by atoms with Gasteiger partial charge in [0.2, 0.25) is 0 Å². The normalized spacial score (nSPS) is 11.8. The molecule has 2 aromatic heterocycles. The topological polar surface area (TPSA) is 9.86 Å². The lowest BCUT2D eigenvalue weighted by Gasteiger charge is -2.12. The summed E-state index contributed by atoms with van der Waals surface area (Å²) in [7, 11) is 0. The average Bonchev–Trinajstić information content (AvgIpc) is 3.57. The molecule has 7 aromatic carbocycles. The largest absolute Gasteiger partial charge is 0.309 e. The molecule has 0 aliphatic rings. The van der Waals surface area contributed by atoms with Crippen LogP contribution in [0.4, 0.5) is 0 Å². The van der Waals surface area contributed by atoms with Gasteiger partial charge < -0.3 is 9.13 Å². The summed E-state index contributed by atoms with van der Waals surface area (Å²) in [5, 5.41) is 7.60. The Kier molecular flexibility index (Phi) is 4.93. The van der Waals surface area contributed by atoms with Crippen molar-refractivity contribution >= 4 is 54.4 Å². The molecule has 0 aliphatic carbocycles. The molecule has 0 aliphatic heterocycles. The zero-order valence-electron chi connectivity index (χ0n) is 22.9. The van der Waals surface area contributed by atoms with E-state index in [9.17, 15) is 0 Å². The number of nitrogens with zero attached hydrogens (tertiary/aromatic N) is 2. The SMILES string of the molecule is c1ccc(-c2cccc(-n3c4ccccc4c4cc5c6ccc7ccccc7c6n(-c6ccccc6)c5cc43)c2)cc1. The molecular weight excluding hydrogens is 508 g/mol. The van der Waals surface area contributed by atoms with Gasteiger partial charge >= 0.3 is 0 Å². The molecule has 0 amide bonds. The molecule has 0 N–H and O–H groups in total. The van der Waals surface area contributed by atoms with Crippen molar-refractivity contribution in [2.75, 3.05) is 0 Å². The fourth-order valence-corrected chi connectivity index (χ4v) is 6.82. The van der Waals surface area contributed by atoms with Crippen molar-refractivity contribution in [3.05, 3.63) is 158 Å². The third kappa shape index (κ3) is 3.33. The van der Waals surface area contributed by atoms with Gasteiger partial charge in [-0.25, -0.2) is 0 Å². The Morgan fingerprint density at radius 3 is 1.81 bits per heavy atom.